The van der Waals surface area contributed by atoms with Crippen molar-refractivity contribution >= 4 is 15.7 Å². The second-order valence-corrected chi connectivity index (χ2v) is 8.96. The number of anilines is 1. The van der Waals surface area contributed by atoms with Crippen LogP contribution in [0.2, 0.25) is 0 Å². The van der Waals surface area contributed by atoms with Gasteiger partial charge in [-0.25, -0.2) is 8.42 Å². The van der Waals surface area contributed by atoms with Crippen molar-refractivity contribution in [3.8, 4) is 11.5 Å². The van der Waals surface area contributed by atoms with E-state index in [1.807, 2.05) is 51.1 Å². The van der Waals surface area contributed by atoms with Crippen LogP contribution in [0.3, 0.4) is 0 Å². The van der Waals surface area contributed by atoms with Gasteiger partial charge in [-0.05, 0) is 36.4 Å². The number of aromatic nitrogens is 2. The summed E-state index contributed by atoms with van der Waals surface area (Å²) in [6.07, 6.45) is 1.52. The molecule has 0 bridgehead atoms. The van der Waals surface area contributed by atoms with Gasteiger partial charge in [0, 0.05) is 24.3 Å². The van der Waals surface area contributed by atoms with Gasteiger partial charge in [0.25, 0.3) is 10.0 Å². The van der Waals surface area contributed by atoms with Crippen molar-refractivity contribution in [3.05, 3.63) is 66.5 Å². The molecule has 0 fully saturated rings. The smallest absolute Gasteiger partial charge is 0.265 e. The maximum absolute atomic E-state index is 12.9. The summed E-state index contributed by atoms with van der Waals surface area (Å²) < 4.78 is 35.6. The predicted molar refractivity (Wildman–Crippen MR) is 106 cm³/mol. The SMILES string of the molecule is Cn1cc(S(=O)(=O)Nc2ccc(Oc3ccccc3)cc2)c(C(C)(C)C)n1. The second kappa shape index (κ2) is 7.08. The molecule has 7 heteroatoms. The van der Waals surface area contributed by atoms with E-state index in [-0.39, 0.29) is 4.90 Å². The van der Waals surface area contributed by atoms with Crippen LogP contribution in [0.25, 0.3) is 0 Å². The Morgan fingerprint density at radius 1 is 0.963 bits per heavy atom. The first kappa shape index (κ1) is 19.0. The number of nitrogens with zero attached hydrogens (tertiary/aromatic N) is 2. The fraction of sp³-hybridized carbons (Fsp3) is 0.250. The molecule has 1 aromatic heterocycles. The van der Waals surface area contributed by atoms with Crippen molar-refractivity contribution in [1.29, 1.82) is 0 Å². The largest absolute Gasteiger partial charge is 0.457 e. The van der Waals surface area contributed by atoms with Crippen molar-refractivity contribution in [3.63, 3.8) is 0 Å². The van der Waals surface area contributed by atoms with Crippen LogP contribution in [-0.4, -0.2) is 18.2 Å². The summed E-state index contributed by atoms with van der Waals surface area (Å²) in [6, 6.07) is 16.2. The van der Waals surface area contributed by atoms with Crippen LogP contribution in [0.1, 0.15) is 26.5 Å². The quantitative estimate of drug-likeness (QED) is 0.710. The Labute approximate surface area is 159 Å². The van der Waals surface area contributed by atoms with E-state index in [1.165, 1.54) is 10.9 Å². The first-order valence-electron chi connectivity index (χ1n) is 8.55. The van der Waals surface area contributed by atoms with Crippen molar-refractivity contribution in [2.24, 2.45) is 7.05 Å². The lowest BCUT2D eigenvalue weighted by molar-refractivity contribution is 0.483. The Bertz CT molecular complexity index is 1020. The lowest BCUT2D eigenvalue weighted by Crippen LogP contribution is -2.20. The Morgan fingerprint density at radius 3 is 2.15 bits per heavy atom. The Balaban J connectivity index is 1.81. The van der Waals surface area contributed by atoms with Crippen LogP contribution in [0.5, 0.6) is 11.5 Å². The van der Waals surface area contributed by atoms with Gasteiger partial charge in [0.05, 0.1) is 5.69 Å². The number of hydrogen-bond acceptors (Lipinski definition) is 4. The molecule has 3 aromatic rings. The number of hydrogen-bond donors (Lipinski definition) is 1. The fourth-order valence-corrected chi connectivity index (χ4v) is 4.06. The third-order valence-electron chi connectivity index (χ3n) is 3.88. The molecule has 0 aliphatic rings. The van der Waals surface area contributed by atoms with Crippen LogP contribution >= 0.6 is 0 Å². The van der Waals surface area contributed by atoms with Gasteiger partial charge in [-0.1, -0.05) is 39.0 Å². The monoisotopic (exact) mass is 385 g/mol. The molecule has 0 atom stereocenters. The van der Waals surface area contributed by atoms with Crippen LogP contribution in [0.15, 0.2) is 65.7 Å². The number of aryl methyl sites for hydroxylation is 1. The zero-order valence-electron chi connectivity index (χ0n) is 15.8. The minimum Gasteiger partial charge on any atom is -0.457 e. The van der Waals surface area contributed by atoms with Gasteiger partial charge in [0.1, 0.15) is 16.4 Å². The molecule has 0 aliphatic carbocycles. The molecule has 2 aromatic carbocycles. The summed E-state index contributed by atoms with van der Waals surface area (Å²) >= 11 is 0. The number of rotatable bonds is 5. The van der Waals surface area contributed by atoms with Gasteiger partial charge < -0.3 is 4.74 Å². The minimum atomic E-state index is -3.75. The predicted octanol–water partition coefficient (Wildman–Crippen LogP) is 4.31. The van der Waals surface area contributed by atoms with Crippen LogP contribution in [0, 0.1) is 0 Å². The van der Waals surface area contributed by atoms with Crippen LogP contribution in [0.4, 0.5) is 5.69 Å². The Morgan fingerprint density at radius 2 is 1.56 bits per heavy atom. The van der Waals surface area contributed by atoms with Crippen molar-refractivity contribution < 1.29 is 13.2 Å². The summed E-state index contributed by atoms with van der Waals surface area (Å²) in [5.41, 5.74) is 0.597. The molecular weight excluding hydrogens is 362 g/mol. The minimum absolute atomic E-state index is 0.183. The number of sulfonamides is 1. The molecule has 0 radical (unpaired) electrons. The standard InChI is InChI=1S/C20H23N3O3S/c1-20(2,3)19-18(14-23(4)21-19)27(24,25)22-15-10-12-17(13-11-15)26-16-8-6-5-7-9-16/h5-14,22H,1-4H3. The van der Waals surface area contributed by atoms with E-state index in [9.17, 15) is 8.42 Å². The molecule has 0 saturated heterocycles. The number of benzene rings is 2. The van der Waals surface area contributed by atoms with Crippen LogP contribution in [-0.2, 0) is 22.5 Å². The van der Waals surface area contributed by atoms with Gasteiger partial charge in [-0.3, -0.25) is 9.40 Å². The lowest BCUT2D eigenvalue weighted by Gasteiger charge is -2.17. The molecule has 0 aliphatic heterocycles. The van der Waals surface area contributed by atoms with Crippen LogP contribution < -0.4 is 9.46 Å². The van der Waals surface area contributed by atoms with Gasteiger partial charge in [0.2, 0.25) is 0 Å². The maximum atomic E-state index is 12.9. The van der Waals surface area contributed by atoms with Gasteiger partial charge in [-0.2, -0.15) is 5.10 Å². The molecule has 6 nitrogen and oxygen atoms in total. The summed E-state index contributed by atoms with van der Waals surface area (Å²) in [5.74, 6) is 1.34. The van der Waals surface area contributed by atoms with Gasteiger partial charge >= 0.3 is 0 Å². The first-order valence-corrected chi connectivity index (χ1v) is 10.0. The van der Waals surface area contributed by atoms with Crippen molar-refractivity contribution in [1.82, 2.24) is 9.78 Å². The second-order valence-electron chi connectivity index (χ2n) is 7.31. The normalized spacial score (nSPS) is 12.0. The van der Waals surface area contributed by atoms with Gasteiger partial charge in [0.15, 0.2) is 0 Å². The number of nitrogens with one attached hydrogen (secondary N) is 1. The van der Waals surface area contributed by atoms with E-state index in [4.69, 9.17) is 4.74 Å². The van der Waals surface area contributed by atoms with Gasteiger partial charge in [-0.15, -0.1) is 0 Å². The van der Waals surface area contributed by atoms with E-state index < -0.39 is 15.4 Å². The third-order valence-corrected chi connectivity index (χ3v) is 5.26. The number of para-hydroxylation sites is 1. The molecule has 0 spiro atoms. The molecule has 1 N–H and O–H groups in total. The average Bonchev–Trinajstić information content (AvgIpc) is 3.01. The first-order chi connectivity index (χ1) is 12.6. The maximum Gasteiger partial charge on any atom is 0.265 e. The topological polar surface area (TPSA) is 73.2 Å². The van der Waals surface area contributed by atoms with E-state index >= 15 is 0 Å². The zero-order chi connectivity index (χ0) is 19.7. The third kappa shape index (κ3) is 4.49. The molecule has 3 rings (SSSR count). The highest BCUT2D eigenvalue weighted by atomic mass is 32.2. The molecule has 27 heavy (non-hydrogen) atoms. The molecular formula is C20H23N3O3S. The molecule has 0 saturated carbocycles. The van der Waals surface area contributed by atoms with E-state index in [2.05, 4.69) is 9.82 Å². The highest BCUT2D eigenvalue weighted by Gasteiger charge is 2.29. The number of ether oxygens (including phenoxy) is 1. The highest BCUT2D eigenvalue weighted by molar-refractivity contribution is 7.92. The molecule has 0 amide bonds. The Kier molecular flexibility index (Phi) is 4.97. The fourth-order valence-electron chi connectivity index (χ4n) is 2.61. The van der Waals surface area contributed by atoms with Crippen molar-refractivity contribution in [2.75, 3.05) is 4.72 Å². The molecule has 142 valence electrons. The zero-order valence-corrected chi connectivity index (χ0v) is 16.6. The Hall–Kier alpha value is -2.80. The summed E-state index contributed by atoms with van der Waals surface area (Å²) in [7, 11) is -2.04. The average molecular weight is 385 g/mol. The summed E-state index contributed by atoms with van der Waals surface area (Å²) in [5, 5.41) is 4.33. The highest BCUT2D eigenvalue weighted by Crippen LogP contribution is 2.29. The van der Waals surface area contributed by atoms with Crippen molar-refractivity contribution in [2.45, 2.75) is 31.1 Å². The van der Waals surface area contributed by atoms with E-state index in [1.54, 1.807) is 31.3 Å². The van der Waals surface area contributed by atoms with E-state index in [0.717, 1.165) is 5.75 Å². The summed E-state index contributed by atoms with van der Waals surface area (Å²) in [4.78, 5) is 0.183. The molecule has 1 heterocycles. The van der Waals surface area contributed by atoms with E-state index in [0.29, 0.717) is 17.1 Å². The lowest BCUT2D eigenvalue weighted by atomic mass is 9.92. The summed E-state index contributed by atoms with van der Waals surface area (Å²) in [6.45, 7) is 5.80. The molecule has 0 unspecified atom stereocenters.